The Morgan fingerprint density at radius 2 is 2.10 bits per heavy atom. The zero-order valence-electron chi connectivity index (χ0n) is 11.3. The zero-order valence-corrected chi connectivity index (χ0v) is 11.3. The highest BCUT2D eigenvalue weighted by atomic mass is 16.5. The van der Waals surface area contributed by atoms with E-state index < -0.39 is 0 Å². The third kappa shape index (κ3) is 2.02. The van der Waals surface area contributed by atoms with Crippen molar-refractivity contribution in [2.45, 2.75) is 6.54 Å². The van der Waals surface area contributed by atoms with E-state index in [-0.39, 0.29) is 0 Å². The summed E-state index contributed by atoms with van der Waals surface area (Å²) < 4.78 is 7.34. The van der Waals surface area contributed by atoms with Gasteiger partial charge in [0.15, 0.2) is 0 Å². The Morgan fingerprint density at radius 1 is 1.25 bits per heavy atom. The minimum Gasteiger partial charge on any atom is -0.496 e. The number of benzene rings is 1. The molecule has 2 heterocycles. The Balaban J connectivity index is 2.26. The van der Waals surface area contributed by atoms with Crippen molar-refractivity contribution < 1.29 is 4.74 Å². The van der Waals surface area contributed by atoms with Gasteiger partial charge in [-0.1, -0.05) is 12.1 Å². The van der Waals surface area contributed by atoms with Crippen LogP contribution in [0.1, 0.15) is 0 Å². The summed E-state index contributed by atoms with van der Waals surface area (Å²) in [5, 5.41) is 5.68. The highest BCUT2D eigenvalue weighted by Crippen LogP contribution is 2.33. The summed E-state index contributed by atoms with van der Waals surface area (Å²) in [6, 6.07) is 9.80. The van der Waals surface area contributed by atoms with Crippen molar-refractivity contribution in [2.24, 2.45) is 5.73 Å². The van der Waals surface area contributed by atoms with E-state index in [0.29, 0.717) is 13.1 Å². The predicted octanol–water partition coefficient (Wildman–Crippen LogP) is 2.07. The Morgan fingerprint density at radius 3 is 2.90 bits per heavy atom. The molecule has 2 aromatic heterocycles. The van der Waals surface area contributed by atoms with Gasteiger partial charge in [-0.2, -0.15) is 5.10 Å². The molecule has 0 atom stereocenters. The second kappa shape index (κ2) is 5.30. The van der Waals surface area contributed by atoms with Crippen molar-refractivity contribution in [2.75, 3.05) is 13.7 Å². The fraction of sp³-hybridized carbons (Fsp3) is 0.200. The third-order valence-corrected chi connectivity index (χ3v) is 3.25. The molecule has 0 saturated carbocycles. The summed E-state index contributed by atoms with van der Waals surface area (Å²) >= 11 is 0. The Labute approximate surface area is 117 Å². The number of methoxy groups -OCH3 is 1. The van der Waals surface area contributed by atoms with Crippen LogP contribution in [-0.2, 0) is 6.54 Å². The predicted molar refractivity (Wildman–Crippen MR) is 78.6 cm³/mol. The molecule has 3 rings (SSSR count). The second-order valence-corrected chi connectivity index (χ2v) is 4.45. The molecule has 102 valence electrons. The summed E-state index contributed by atoms with van der Waals surface area (Å²) in [5.74, 6) is 0.802. The van der Waals surface area contributed by atoms with Crippen LogP contribution in [0.3, 0.4) is 0 Å². The maximum absolute atomic E-state index is 5.65. The molecule has 20 heavy (non-hydrogen) atoms. The van der Waals surface area contributed by atoms with Gasteiger partial charge in [-0.15, -0.1) is 0 Å². The summed E-state index contributed by atoms with van der Waals surface area (Å²) in [6.45, 7) is 1.22. The first-order valence-electron chi connectivity index (χ1n) is 6.49. The molecule has 5 heteroatoms. The van der Waals surface area contributed by atoms with Gasteiger partial charge in [-0.05, 0) is 18.2 Å². The summed E-state index contributed by atoms with van der Waals surface area (Å²) in [6.07, 6.45) is 3.60. The van der Waals surface area contributed by atoms with E-state index in [4.69, 9.17) is 10.5 Å². The van der Waals surface area contributed by atoms with Crippen LogP contribution in [0.5, 0.6) is 5.75 Å². The monoisotopic (exact) mass is 268 g/mol. The quantitative estimate of drug-likeness (QED) is 0.786. The normalized spacial score (nSPS) is 10.9. The van der Waals surface area contributed by atoms with Crippen molar-refractivity contribution in [3.05, 3.63) is 42.7 Å². The smallest absolute Gasteiger partial charge is 0.128 e. The third-order valence-electron chi connectivity index (χ3n) is 3.25. The Bertz CT molecular complexity index is 736. The molecule has 2 N–H and O–H groups in total. The van der Waals surface area contributed by atoms with Crippen LogP contribution < -0.4 is 10.5 Å². The van der Waals surface area contributed by atoms with Gasteiger partial charge in [0.1, 0.15) is 11.4 Å². The standard InChI is InChI=1S/C15H16N4O/c1-20-14-5-3-2-4-11(14)15-12-10-17-8-6-13(12)19(18-15)9-7-16/h2-6,8,10H,7,9,16H2,1H3. The average Bonchev–Trinajstić information content (AvgIpc) is 2.87. The molecule has 0 radical (unpaired) electrons. The summed E-state index contributed by atoms with van der Waals surface area (Å²) in [5.41, 5.74) is 8.52. The van der Waals surface area contributed by atoms with Gasteiger partial charge < -0.3 is 10.5 Å². The number of para-hydroxylation sites is 1. The largest absolute Gasteiger partial charge is 0.496 e. The molecule has 0 amide bonds. The fourth-order valence-electron chi connectivity index (χ4n) is 2.36. The lowest BCUT2D eigenvalue weighted by Gasteiger charge is -2.05. The second-order valence-electron chi connectivity index (χ2n) is 4.45. The van der Waals surface area contributed by atoms with Crippen LogP contribution in [0.2, 0.25) is 0 Å². The first kappa shape index (κ1) is 12.6. The van der Waals surface area contributed by atoms with E-state index in [9.17, 15) is 0 Å². The topological polar surface area (TPSA) is 66.0 Å². The van der Waals surface area contributed by atoms with Crippen molar-refractivity contribution in [1.29, 1.82) is 0 Å². The van der Waals surface area contributed by atoms with Crippen LogP contribution in [0.4, 0.5) is 0 Å². The first-order chi connectivity index (χ1) is 9.85. The van der Waals surface area contributed by atoms with E-state index in [1.807, 2.05) is 41.2 Å². The van der Waals surface area contributed by atoms with E-state index in [0.717, 1.165) is 27.9 Å². The number of fused-ring (bicyclic) bond motifs is 1. The van der Waals surface area contributed by atoms with Gasteiger partial charge in [0.2, 0.25) is 0 Å². The number of rotatable bonds is 4. The Hall–Kier alpha value is -2.40. The molecule has 1 aromatic carbocycles. The van der Waals surface area contributed by atoms with Gasteiger partial charge in [0.25, 0.3) is 0 Å². The highest BCUT2D eigenvalue weighted by molar-refractivity contribution is 5.94. The van der Waals surface area contributed by atoms with Gasteiger partial charge in [0.05, 0.1) is 19.2 Å². The molecule has 0 unspecified atom stereocenters. The number of ether oxygens (including phenoxy) is 1. The molecule has 0 fully saturated rings. The van der Waals surface area contributed by atoms with Gasteiger partial charge in [-0.25, -0.2) is 0 Å². The van der Waals surface area contributed by atoms with Crippen LogP contribution >= 0.6 is 0 Å². The zero-order chi connectivity index (χ0) is 13.9. The molecule has 5 nitrogen and oxygen atoms in total. The van der Waals surface area contributed by atoms with Crippen LogP contribution in [0.25, 0.3) is 22.2 Å². The van der Waals surface area contributed by atoms with E-state index in [1.165, 1.54) is 0 Å². The minimum atomic E-state index is 0.546. The fourth-order valence-corrected chi connectivity index (χ4v) is 2.36. The molecule has 0 bridgehead atoms. The van der Waals surface area contributed by atoms with Crippen molar-refractivity contribution in [3.63, 3.8) is 0 Å². The van der Waals surface area contributed by atoms with E-state index in [1.54, 1.807) is 13.3 Å². The first-order valence-corrected chi connectivity index (χ1v) is 6.49. The number of hydrogen-bond donors (Lipinski definition) is 1. The summed E-state index contributed by atoms with van der Waals surface area (Å²) in [4.78, 5) is 4.20. The number of hydrogen-bond acceptors (Lipinski definition) is 4. The number of nitrogens with two attached hydrogens (primary N) is 1. The molecule has 3 aromatic rings. The average molecular weight is 268 g/mol. The number of nitrogens with zero attached hydrogens (tertiary/aromatic N) is 3. The Kier molecular flexibility index (Phi) is 3.35. The van der Waals surface area contributed by atoms with Crippen LogP contribution in [-0.4, -0.2) is 28.4 Å². The van der Waals surface area contributed by atoms with E-state index >= 15 is 0 Å². The number of pyridine rings is 1. The van der Waals surface area contributed by atoms with Crippen molar-refractivity contribution in [1.82, 2.24) is 14.8 Å². The summed E-state index contributed by atoms with van der Waals surface area (Å²) in [7, 11) is 1.66. The van der Waals surface area contributed by atoms with Crippen molar-refractivity contribution >= 4 is 10.9 Å². The lowest BCUT2D eigenvalue weighted by Crippen LogP contribution is -2.10. The minimum absolute atomic E-state index is 0.546. The lowest BCUT2D eigenvalue weighted by molar-refractivity contribution is 0.416. The lowest BCUT2D eigenvalue weighted by atomic mass is 10.1. The maximum Gasteiger partial charge on any atom is 0.128 e. The van der Waals surface area contributed by atoms with E-state index in [2.05, 4.69) is 10.1 Å². The molecule has 0 aliphatic heterocycles. The van der Waals surface area contributed by atoms with Gasteiger partial charge in [0, 0.05) is 29.9 Å². The number of aromatic nitrogens is 3. The van der Waals surface area contributed by atoms with Crippen molar-refractivity contribution in [3.8, 4) is 17.0 Å². The van der Waals surface area contributed by atoms with Gasteiger partial charge >= 0.3 is 0 Å². The van der Waals surface area contributed by atoms with Gasteiger partial charge in [-0.3, -0.25) is 9.67 Å². The molecule has 0 aliphatic rings. The molecule has 0 aliphatic carbocycles. The SMILES string of the molecule is COc1ccccc1-c1nn(CCN)c2ccncc12. The molecule has 0 spiro atoms. The molecular formula is C15H16N4O. The molecular weight excluding hydrogens is 252 g/mol. The highest BCUT2D eigenvalue weighted by Gasteiger charge is 2.15. The van der Waals surface area contributed by atoms with Crippen LogP contribution in [0, 0.1) is 0 Å². The maximum atomic E-state index is 5.65. The van der Waals surface area contributed by atoms with Crippen LogP contribution in [0.15, 0.2) is 42.7 Å². The molecule has 0 saturated heterocycles.